The van der Waals surface area contributed by atoms with Crippen molar-refractivity contribution in [2.45, 2.75) is 50.8 Å². The molecule has 1 atom stereocenters. The number of hydrogen-bond acceptors (Lipinski definition) is 2. The first-order chi connectivity index (χ1) is 7.33. The Bertz CT molecular complexity index is 184. The smallest absolute Gasteiger partial charge is 0.0675 e. The molecule has 0 aromatic carbocycles. The van der Waals surface area contributed by atoms with Gasteiger partial charge >= 0.3 is 0 Å². The van der Waals surface area contributed by atoms with E-state index in [0.29, 0.717) is 5.38 Å². The molecule has 1 heterocycles. The Hall–Kier alpha value is 0.180. The van der Waals surface area contributed by atoms with Crippen LogP contribution in [0.25, 0.3) is 0 Å². The number of nitrogens with zero attached hydrogens (tertiary/aromatic N) is 1. The molecule has 3 heteroatoms. The highest BCUT2D eigenvalue weighted by molar-refractivity contribution is 8.02. The van der Waals surface area contributed by atoms with Crippen LogP contribution in [0.4, 0.5) is 0 Å². The Labute approximate surface area is 103 Å². The number of hydrogen-bond donors (Lipinski definition) is 0. The summed E-state index contributed by atoms with van der Waals surface area (Å²) in [4.78, 5) is 2.38. The van der Waals surface area contributed by atoms with Crippen molar-refractivity contribution >= 4 is 23.4 Å². The minimum absolute atomic E-state index is 0.414. The molecule has 1 unspecified atom stereocenters. The van der Waals surface area contributed by atoms with Crippen molar-refractivity contribution < 1.29 is 0 Å². The zero-order chi connectivity index (χ0) is 10.9. The van der Waals surface area contributed by atoms with Crippen LogP contribution in [0.15, 0.2) is 11.6 Å². The van der Waals surface area contributed by atoms with Gasteiger partial charge in [-0.25, -0.2) is 0 Å². The van der Waals surface area contributed by atoms with Crippen molar-refractivity contribution in [1.82, 2.24) is 4.90 Å². The lowest BCUT2D eigenvalue weighted by Gasteiger charge is -2.14. The van der Waals surface area contributed by atoms with Gasteiger partial charge < -0.3 is 4.90 Å². The molecule has 88 valence electrons. The summed E-state index contributed by atoms with van der Waals surface area (Å²) < 4.78 is 0. The Morgan fingerprint density at radius 2 is 2.20 bits per heavy atom. The predicted molar refractivity (Wildman–Crippen MR) is 71.3 cm³/mol. The van der Waals surface area contributed by atoms with Gasteiger partial charge in [-0.2, -0.15) is 0 Å². The summed E-state index contributed by atoms with van der Waals surface area (Å²) in [6.45, 7) is 3.41. The monoisotopic (exact) mass is 247 g/mol. The van der Waals surface area contributed by atoms with Crippen molar-refractivity contribution in [3.8, 4) is 0 Å². The number of thioether (sulfide) groups is 1. The van der Waals surface area contributed by atoms with Gasteiger partial charge in [-0.15, -0.1) is 23.4 Å². The third-order valence-corrected chi connectivity index (χ3v) is 3.90. The second kappa shape index (κ2) is 8.35. The summed E-state index contributed by atoms with van der Waals surface area (Å²) in [5.41, 5.74) is 0. The lowest BCUT2D eigenvalue weighted by atomic mass is 10.1. The van der Waals surface area contributed by atoms with Crippen LogP contribution in [0.2, 0.25) is 0 Å². The average molecular weight is 248 g/mol. The van der Waals surface area contributed by atoms with E-state index in [4.69, 9.17) is 11.6 Å². The van der Waals surface area contributed by atoms with E-state index in [0.717, 1.165) is 5.88 Å². The van der Waals surface area contributed by atoms with Crippen molar-refractivity contribution in [3.63, 3.8) is 0 Å². The highest BCUT2D eigenvalue weighted by Crippen LogP contribution is 2.17. The van der Waals surface area contributed by atoms with Gasteiger partial charge in [-0.3, -0.25) is 0 Å². The van der Waals surface area contributed by atoms with E-state index >= 15 is 0 Å². The van der Waals surface area contributed by atoms with Crippen LogP contribution in [0, 0.1) is 0 Å². The molecule has 15 heavy (non-hydrogen) atoms. The summed E-state index contributed by atoms with van der Waals surface area (Å²) in [7, 11) is 0. The van der Waals surface area contributed by atoms with E-state index in [1.807, 2.05) is 11.8 Å². The quantitative estimate of drug-likeness (QED) is 0.461. The zero-order valence-corrected chi connectivity index (χ0v) is 11.2. The summed E-state index contributed by atoms with van der Waals surface area (Å²) in [5, 5.41) is 2.59. The normalized spacial score (nSPS) is 17.3. The van der Waals surface area contributed by atoms with Crippen molar-refractivity contribution in [2.24, 2.45) is 0 Å². The van der Waals surface area contributed by atoms with Crippen molar-refractivity contribution in [3.05, 3.63) is 11.6 Å². The predicted octanol–water partition coefficient (Wildman–Crippen LogP) is 4.43. The zero-order valence-electron chi connectivity index (χ0n) is 9.62. The molecule has 1 aliphatic heterocycles. The van der Waals surface area contributed by atoms with Gasteiger partial charge in [0.1, 0.15) is 0 Å². The minimum atomic E-state index is 0.414. The molecule has 0 radical (unpaired) electrons. The average Bonchev–Trinajstić information content (AvgIpc) is 2.70. The molecule has 0 fully saturated rings. The van der Waals surface area contributed by atoms with E-state index in [9.17, 15) is 0 Å². The first-order valence-corrected chi connectivity index (χ1v) is 7.48. The molecule has 0 N–H and O–H groups in total. The number of rotatable bonds is 8. The number of alkyl halides is 1. The van der Waals surface area contributed by atoms with E-state index in [2.05, 4.69) is 23.4 Å². The van der Waals surface area contributed by atoms with Crippen LogP contribution in [0.5, 0.6) is 0 Å². The third-order valence-electron chi connectivity index (χ3n) is 2.67. The van der Waals surface area contributed by atoms with Gasteiger partial charge in [0.05, 0.1) is 5.88 Å². The van der Waals surface area contributed by atoms with E-state index in [-0.39, 0.29) is 0 Å². The number of halogens is 1. The maximum atomic E-state index is 6.16. The molecule has 1 nitrogen and oxygen atoms in total. The van der Waals surface area contributed by atoms with Crippen LogP contribution in [0.3, 0.4) is 0 Å². The Balaban J connectivity index is 1.86. The molecule has 0 saturated carbocycles. The van der Waals surface area contributed by atoms with Crippen LogP contribution in [0.1, 0.15) is 45.4 Å². The fourth-order valence-electron chi connectivity index (χ4n) is 1.77. The fourth-order valence-corrected chi connectivity index (χ4v) is 2.89. The summed E-state index contributed by atoms with van der Waals surface area (Å²) in [6, 6.07) is 0. The molecule has 0 spiro atoms. The molecule has 1 rings (SSSR count). The van der Waals surface area contributed by atoms with Gasteiger partial charge in [0, 0.05) is 18.1 Å². The lowest BCUT2D eigenvalue weighted by molar-refractivity contribution is 0.421. The second-order valence-corrected chi connectivity index (χ2v) is 5.61. The molecule has 1 aliphatic rings. The molecule has 0 bridgehead atoms. The molecule has 0 aliphatic carbocycles. The highest BCUT2D eigenvalue weighted by Gasteiger charge is 2.05. The second-order valence-electron chi connectivity index (χ2n) is 4.13. The fraction of sp³-hybridized carbons (Fsp3) is 0.833. The van der Waals surface area contributed by atoms with Gasteiger partial charge in [0.2, 0.25) is 0 Å². The first kappa shape index (κ1) is 13.2. The summed E-state index contributed by atoms with van der Waals surface area (Å²) in [5.74, 6) is 1.15. The number of unbranched alkanes of at least 4 members (excludes halogenated alkanes) is 2. The van der Waals surface area contributed by atoms with Crippen LogP contribution < -0.4 is 0 Å². The van der Waals surface area contributed by atoms with Crippen molar-refractivity contribution in [2.75, 3.05) is 12.4 Å². The standard InChI is InChI=1S/C12H22ClNS/c1-2-6-12(13)7-4-3-5-8-14-9-10-15-11-14/h9-10,12H,2-8,11H2,1H3. The van der Waals surface area contributed by atoms with Crippen LogP contribution >= 0.6 is 23.4 Å². The van der Waals surface area contributed by atoms with Crippen LogP contribution in [-0.4, -0.2) is 22.7 Å². The third kappa shape index (κ3) is 6.36. The first-order valence-electron chi connectivity index (χ1n) is 5.99. The molecular weight excluding hydrogens is 226 g/mol. The lowest BCUT2D eigenvalue weighted by Crippen LogP contribution is -2.14. The molecular formula is C12H22ClNS. The SMILES string of the molecule is CCCC(Cl)CCCCCN1C=CSC1. The maximum absolute atomic E-state index is 6.16. The van der Waals surface area contributed by atoms with Gasteiger partial charge in [0.25, 0.3) is 0 Å². The van der Waals surface area contributed by atoms with Gasteiger partial charge in [-0.05, 0) is 24.7 Å². The van der Waals surface area contributed by atoms with Gasteiger partial charge in [0.15, 0.2) is 0 Å². The highest BCUT2D eigenvalue weighted by atomic mass is 35.5. The van der Waals surface area contributed by atoms with Crippen LogP contribution in [-0.2, 0) is 0 Å². The Morgan fingerprint density at radius 1 is 1.33 bits per heavy atom. The summed E-state index contributed by atoms with van der Waals surface area (Å²) >= 11 is 8.04. The summed E-state index contributed by atoms with van der Waals surface area (Å²) in [6.07, 6.45) is 9.70. The van der Waals surface area contributed by atoms with Gasteiger partial charge in [-0.1, -0.05) is 26.2 Å². The Morgan fingerprint density at radius 3 is 2.87 bits per heavy atom. The maximum Gasteiger partial charge on any atom is 0.0675 e. The largest absolute Gasteiger partial charge is 0.367 e. The van der Waals surface area contributed by atoms with E-state index in [1.165, 1.54) is 45.1 Å². The minimum Gasteiger partial charge on any atom is -0.367 e. The Kier molecular flexibility index (Phi) is 7.37. The molecule has 0 saturated heterocycles. The molecule has 0 amide bonds. The van der Waals surface area contributed by atoms with Crippen molar-refractivity contribution in [1.29, 1.82) is 0 Å². The van der Waals surface area contributed by atoms with E-state index in [1.54, 1.807) is 0 Å². The molecule has 0 aromatic rings. The molecule has 0 aromatic heterocycles. The topological polar surface area (TPSA) is 3.24 Å². The van der Waals surface area contributed by atoms with E-state index < -0.39 is 0 Å².